The number of anilines is 1. The SMILES string of the molecule is COc1ccc(-c2nc3n(n2)[C@@H](c2ccc4c(c2)OCO4)C2=C(CC(C)(C)CC2=O)N3)cc1. The highest BCUT2D eigenvalue weighted by molar-refractivity contribution is 6.00. The van der Waals surface area contributed by atoms with E-state index in [2.05, 4.69) is 19.2 Å². The maximum Gasteiger partial charge on any atom is 0.231 e. The van der Waals surface area contributed by atoms with E-state index in [0.29, 0.717) is 29.7 Å². The molecule has 0 amide bonds. The van der Waals surface area contributed by atoms with Gasteiger partial charge in [0.1, 0.15) is 11.8 Å². The minimum absolute atomic E-state index is 0.122. The highest BCUT2D eigenvalue weighted by Gasteiger charge is 2.42. The molecule has 3 aliphatic rings. The molecule has 168 valence electrons. The maximum atomic E-state index is 13.4. The van der Waals surface area contributed by atoms with Crippen LogP contribution in [-0.4, -0.2) is 34.5 Å². The number of aromatic nitrogens is 3. The predicted octanol–water partition coefficient (Wildman–Crippen LogP) is 4.34. The van der Waals surface area contributed by atoms with Gasteiger partial charge in [-0.25, -0.2) is 4.68 Å². The topological polar surface area (TPSA) is 87.5 Å². The van der Waals surface area contributed by atoms with Gasteiger partial charge in [-0.2, -0.15) is 4.98 Å². The van der Waals surface area contributed by atoms with Gasteiger partial charge in [-0.1, -0.05) is 19.9 Å². The second-order valence-corrected chi connectivity index (χ2v) is 9.41. The van der Waals surface area contributed by atoms with Crippen LogP contribution in [0.5, 0.6) is 17.2 Å². The Labute approximate surface area is 191 Å². The number of carbonyl (C=O) groups is 1. The fourth-order valence-electron chi connectivity index (χ4n) is 4.86. The van der Waals surface area contributed by atoms with Crippen molar-refractivity contribution in [2.45, 2.75) is 32.7 Å². The fraction of sp³-hybridized carbons (Fsp3) is 0.320. The van der Waals surface area contributed by atoms with Crippen LogP contribution in [0.1, 0.15) is 38.3 Å². The zero-order valence-corrected chi connectivity index (χ0v) is 18.7. The lowest BCUT2D eigenvalue weighted by atomic mass is 9.73. The highest BCUT2D eigenvalue weighted by atomic mass is 16.7. The Morgan fingerprint density at radius 1 is 1.09 bits per heavy atom. The Bertz CT molecular complexity index is 1310. The molecule has 3 aromatic rings. The molecule has 0 fully saturated rings. The first kappa shape index (κ1) is 19.8. The van der Waals surface area contributed by atoms with Crippen LogP contribution in [0.2, 0.25) is 0 Å². The lowest BCUT2D eigenvalue weighted by Crippen LogP contribution is -2.36. The normalized spacial score (nSPS) is 20.2. The van der Waals surface area contributed by atoms with E-state index in [-0.39, 0.29) is 18.0 Å². The number of hydrogen-bond donors (Lipinski definition) is 1. The molecule has 2 aliphatic heterocycles. The minimum atomic E-state index is -0.395. The van der Waals surface area contributed by atoms with Gasteiger partial charge in [-0.05, 0) is 53.8 Å². The smallest absolute Gasteiger partial charge is 0.231 e. The summed E-state index contributed by atoms with van der Waals surface area (Å²) in [6.45, 7) is 4.43. The summed E-state index contributed by atoms with van der Waals surface area (Å²) in [5, 5.41) is 8.25. The van der Waals surface area contributed by atoms with Gasteiger partial charge in [-0.15, -0.1) is 5.10 Å². The van der Waals surface area contributed by atoms with Crippen LogP contribution in [-0.2, 0) is 4.79 Å². The number of ether oxygens (including phenoxy) is 3. The van der Waals surface area contributed by atoms with E-state index >= 15 is 0 Å². The van der Waals surface area contributed by atoms with Crippen molar-refractivity contribution in [1.82, 2.24) is 14.8 Å². The van der Waals surface area contributed by atoms with Crippen molar-refractivity contribution in [3.05, 3.63) is 59.3 Å². The molecule has 8 heteroatoms. The van der Waals surface area contributed by atoms with Gasteiger partial charge in [0.05, 0.1) is 7.11 Å². The summed E-state index contributed by atoms with van der Waals surface area (Å²) >= 11 is 0. The maximum absolute atomic E-state index is 13.4. The fourth-order valence-corrected chi connectivity index (χ4v) is 4.86. The number of allylic oxidation sites excluding steroid dienone is 2. The van der Waals surface area contributed by atoms with E-state index < -0.39 is 6.04 Å². The quantitative estimate of drug-likeness (QED) is 0.643. The third kappa shape index (κ3) is 3.25. The summed E-state index contributed by atoms with van der Waals surface area (Å²) in [6.07, 6.45) is 1.25. The zero-order chi connectivity index (χ0) is 22.7. The average molecular weight is 444 g/mol. The number of carbonyl (C=O) groups excluding carboxylic acids is 1. The van der Waals surface area contributed by atoms with E-state index in [1.807, 2.05) is 47.1 Å². The number of Topliss-reactive ketones (excluding diaryl/α,β-unsaturated/α-hetero) is 1. The zero-order valence-electron chi connectivity index (χ0n) is 18.7. The monoisotopic (exact) mass is 444 g/mol. The largest absolute Gasteiger partial charge is 0.497 e. The minimum Gasteiger partial charge on any atom is -0.497 e. The van der Waals surface area contributed by atoms with Crippen molar-refractivity contribution >= 4 is 11.7 Å². The Balaban J connectivity index is 1.50. The van der Waals surface area contributed by atoms with E-state index in [4.69, 9.17) is 24.3 Å². The molecule has 33 heavy (non-hydrogen) atoms. The number of nitrogens with one attached hydrogen (secondary N) is 1. The summed E-state index contributed by atoms with van der Waals surface area (Å²) in [5.41, 5.74) is 3.32. The van der Waals surface area contributed by atoms with Crippen molar-refractivity contribution in [3.8, 4) is 28.6 Å². The number of ketones is 1. The highest BCUT2D eigenvalue weighted by Crippen LogP contribution is 2.47. The number of methoxy groups -OCH3 is 1. The Morgan fingerprint density at radius 2 is 1.88 bits per heavy atom. The number of fused-ring (bicyclic) bond motifs is 2. The molecular formula is C25H24N4O4. The van der Waals surface area contributed by atoms with E-state index in [9.17, 15) is 4.79 Å². The van der Waals surface area contributed by atoms with Gasteiger partial charge in [0.25, 0.3) is 0 Å². The molecule has 2 aromatic carbocycles. The number of nitrogens with zero attached hydrogens (tertiary/aromatic N) is 3. The van der Waals surface area contributed by atoms with Crippen molar-refractivity contribution < 1.29 is 19.0 Å². The van der Waals surface area contributed by atoms with Gasteiger partial charge in [-0.3, -0.25) is 4.79 Å². The average Bonchev–Trinajstić information content (AvgIpc) is 3.43. The van der Waals surface area contributed by atoms with Crippen molar-refractivity contribution in [1.29, 1.82) is 0 Å². The molecule has 0 bridgehead atoms. The molecule has 1 N–H and O–H groups in total. The third-order valence-corrected chi connectivity index (χ3v) is 6.39. The molecular weight excluding hydrogens is 420 g/mol. The van der Waals surface area contributed by atoms with Crippen LogP contribution < -0.4 is 19.5 Å². The molecule has 6 rings (SSSR count). The molecule has 1 aliphatic carbocycles. The lowest BCUT2D eigenvalue weighted by Gasteiger charge is -2.38. The lowest BCUT2D eigenvalue weighted by molar-refractivity contribution is -0.118. The number of benzene rings is 2. The number of rotatable bonds is 3. The van der Waals surface area contributed by atoms with Gasteiger partial charge in [0.15, 0.2) is 23.1 Å². The van der Waals surface area contributed by atoms with Crippen LogP contribution in [0.15, 0.2) is 53.7 Å². The molecule has 0 spiro atoms. The molecule has 0 radical (unpaired) electrons. The van der Waals surface area contributed by atoms with E-state index in [0.717, 1.165) is 34.6 Å². The van der Waals surface area contributed by atoms with Gasteiger partial charge >= 0.3 is 0 Å². The van der Waals surface area contributed by atoms with Gasteiger partial charge < -0.3 is 19.5 Å². The van der Waals surface area contributed by atoms with E-state index in [1.54, 1.807) is 7.11 Å². The second kappa shape index (κ2) is 7.10. The van der Waals surface area contributed by atoms with Crippen molar-refractivity contribution in [2.24, 2.45) is 5.41 Å². The van der Waals surface area contributed by atoms with Crippen molar-refractivity contribution in [3.63, 3.8) is 0 Å². The Morgan fingerprint density at radius 3 is 2.67 bits per heavy atom. The van der Waals surface area contributed by atoms with Crippen LogP contribution in [0.25, 0.3) is 11.4 Å². The number of hydrogen-bond acceptors (Lipinski definition) is 7. The van der Waals surface area contributed by atoms with Gasteiger partial charge in [0.2, 0.25) is 12.7 Å². The molecule has 3 heterocycles. The second-order valence-electron chi connectivity index (χ2n) is 9.41. The van der Waals surface area contributed by atoms with Crippen LogP contribution in [0.4, 0.5) is 5.95 Å². The predicted molar refractivity (Wildman–Crippen MR) is 121 cm³/mol. The summed E-state index contributed by atoms with van der Waals surface area (Å²) in [7, 11) is 1.64. The van der Waals surface area contributed by atoms with Crippen LogP contribution in [0.3, 0.4) is 0 Å². The van der Waals surface area contributed by atoms with E-state index in [1.165, 1.54) is 0 Å². The van der Waals surface area contributed by atoms with Crippen LogP contribution in [0, 0.1) is 5.41 Å². The summed E-state index contributed by atoms with van der Waals surface area (Å²) in [5.74, 6) is 3.47. The Kier molecular flexibility index (Phi) is 4.27. The molecule has 1 aromatic heterocycles. The summed E-state index contributed by atoms with van der Waals surface area (Å²) in [6, 6.07) is 13.0. The molecule has 0 saturated heterocycles. The van der Waals surface area contributed by atoms with Crippen molar-refractivity contribution in [2.75, 3.05) is 19.2 Å². The first-order chi connectivity index (χ1) is 15.9. The molecule has 8 nitrogen and oxygen atoms in total. The third-order valence-electron chi connectivity index (χ3n) is 6.39. The first-order valence-corrected chi connectivity index (χ1v) is 11.0. The standard InChI is InChI=1S/C25H24N4O4/c1-25(2)11-17-21(18(30)12-25)22(15-6-9-19-20(10-15)33-13-32-19)29-24(26-17)27-23(28-29)14-4-7-16(31-3)8-5-14/h4-10,22H,11-13H2,1-3H3,(H,26,27,28)/t22-/m0/s1. The summed E-state index contributed by atoms with van der Waals surface area (Å²) < 4.78 is 18.2. The molecule has 0 unspecified atom stereocenters. The molecule has 0 saturated carbocycles. The Hall–Kier alpha value is -3.81. The van der Waals surface area contributed by atoms with Crippen LogP contribution >= 0.6 is 0 Å². The first-order valence-electron chi connectivity index (χ1n) is 11.0. The summed E-state index contributed by atoms with van der Waals surface area (Å²) in [4.78, 5) is 18.2. The molecule has 1 atom stereocenters. The van der Waals surface area contributed by atoms with Gasteiger partial charge in [0, 0.05) is 23.3 Å².